The van der Waals surface area contributed by atoms with Crippen LogP contribution in [0.1, 0.15) is 46.0 Å². The summed E-state index contributed by atoms with van der Waals surface area (Å²) in [7, 11) is 0. The summed E-state index contributed by atoms with van der Waals surface area (Å²) >= 11 is 0. The van der Waals surface area contributed by atoms with E-state index in [1.54, 1.807) is 0 Å². The lowest BCUT2D eigenvalue weighted by molar-refractivity contribution is -0.153. The van der Waals surface area contributed by atoms with Gasteiger partial charge in [-0.15, -0.1) is 0 Å². The van der Waals surface area contributed by atoms with E-state index < -0.39 is 12.1 Å². The maximum absolute atomic E-state index is 11.0. The van der Waals surface area contributed by atoms with Gasteiger partial charge >= 0.3 is 12.1 Å². The van der Waals surface area contributed by atoms with Crippen molar-refractivity contribution in [2.24, 2.45) is 0 Å². The van der Waals surface area contributed by atoms with E-state index in [9.17, 15) is 9.59 Å². The number of unbranched alkanes of at least 4 members (excludes halogenated alkanes) is 2. The Bertz CT molecular complexity index is 209. The first kappa shape index (κ1) is 14.7. The summed E-state index contributed by atoms with van der Waals surface area (Å²) in [5, 5.41) is 0. The molecule has 0 aliphatic heterocycles. The minimum atomic E-state index is -0.656. The second kappa shape index (κ2) is 10.2. The molecule has 0 rings (SSSR count). The van der Waals surface area contributed by atoms with Crippen molar-refractivity contribution in [3.8, 4) is 0 Å². The first-order valence-electron chi connectivity index (χ1n) is 5.58. The van der Waals surface area contributed by atoms with E-state index >= 15 is 0 Å². The van der Waals surface area contributed by atoms with E-state index in [1.807, 2.05) is 19.4 Å². The number of carbonyl (C=O) groups is 2. The van der Waals surface area contributed by atoms with Crippen molar-refractivity contribution in [1.29, 1.82) is 0 Å². The van der Waals surface area contributed by atoms with Crippen LogP contribution in [0.4, 0.5) is 4.79 Å². The molecule has 16 heavy (non-hydrogen) atoms. The lowest BCUT2D eigenvalue weighted by Gasteiger charge is -2.07. The zero-order chi connectivity index (χ0) is 12.2. The summed E-state index contributed by atoms with van der Waals surface area (Å²) in [4.78, 5) is 26.4. The Kier molecular flexibility index (Phi) is 9.39. The molecule has 0 aromatic carbocycles. The summed E-state index contributed by atoms with van der Waals surface area (Å²) in [5.41, 5.74) is 4.14. The van der Waals surface area contributed by atoms with E-state index in [4.69, 9.17) is 4.74 Å². The van der Waals surface area contributed by atoms with Crippen molar-refractivity contribution < 1.29 is 19.2 Å². The van der Waals surface area contributed by atoms with Crippen LogP contribution in [-0.4, -0.2) is 18.7 Å². The molecule has 6 nitrogen and oxygen atoms in total. The maximum atomic E-state index is 11.0. The Hall–Kier alpha value is -1.30. The molecule has 0 saturated heterocycles. The van der Waals surface area contributed by atoms with Gasteiger partial charge in [0.2, 0.25) is 0 Å². The van der Waals surface area contributed by atoms with Crippen LogP contribution < -0.4 is 11.0 Å². The molecule has 0 bridgehead atoms. The van der Waals surface area contributed by atoms with Gasteiger partial charge in [-0.2, -0.15) is 0 Å². The summed E-state index contributed by atoms with van der Waals surface area (Å²) in [6, 6.07) is 0. The van der Waals surface area contributed by atoms with Gasteiger partial charge in [-0.1, -0.05) is 32.3 Å². The zero-order valence-corrected chi connectivity index (χ0v) is 9.88. The van der Waals surface area contributed by atoms with Gasteiger partial charge in [0, 0.05) is 6.42 Å². The molecule has 0 aliphatic rings. The summed E-state index contributed by atoms with van der Waals surface area (Å²) in [5.74, 6) is -0.407. The minimum Gasteiger partial charge on any atom is -0.449 e. The molecule has 2 N–H and O–H groups in total. The van der Waals surface area contributed by atoms with Gasteiger partial charge in [-0.25, -0.2) is 10.2 Å². The third-order valence-corrected chi connectivity index (χ3v) is 1.78. The number of hydrogen-bond acceptors (Lipinski definition) is 5. The van der Waals surface area contributed by atoms with Gasteiger partial charge in [-0.3, -0.25) is 4.79 Å². The molecule has 0 aliphatic carbocycles. The first-order valence-corrected chi connectivity index (χ1v) is 5.58. The molecule has 0 atom stereocenters. The Morgan fingerprint density at radius 3 is 2.44 bits per heavy atom. The summed E-state index contributed by atoms with van der Waals surface area (Å²) in [6.07, 6.45) is 3.12. The molecular weight excluding hydrogens is 212 g/mol. The fraction of sp³-hybridized carbons (Fsp3) is 0.800. The molecule has 0 spiro atoms. The highest BCUT2D eigenvalue weighted by Gasteiger charge is 2.04. The van der Waals surface area contributed by atoms with Crippen molar-refractivity contribution in [3.63, 3.8) is 0 Å². The van der Waals surface area contributed by atoms with E-state index in [0.29, 0.717) is 13.0 Å². The molecule has 1 amide bonds. The molecule has 0 heterocycles. The first-order chi connectivity index (χ1) is 7.70. The zero-order valence-electron chi connectivity index (χ0n) is 9.88. The molecule has 0 saturated carbocycles. The van der Waals surface area contributed by atoms with Crippen molar-refractivity contribution in [2.45, 2.75) is 46.0 Å². The van der Waals surface area contributed by atoms with Gasteiger partial charge in [0.25, 0.3) is 0 Å². The molecule has 94 valence electrons. The third kappa shape index (κ3) is 9.26. The Morgan fingerprint density at radius 1 is 1.12 bits per heavy atom. The average Bonchev–Trinajstić information content (AvgIpc) is 2.26. The average molecular weight is 232 g/mol. The number of hydrazine groups is 1. The van der Waals surface area contributed by atoms with Crippen molar-refractivity contribution >= 4 is 12.1 Å². The molecule has 0 radical (unpaired) electrons. The van der Waals surface area contributed by atoms with E-state index in [1.165, 1.54) is 0 Å². The predicted molar refractivity (Wildman–Crippen MR) is 58.1 cm³/mol. The molecule has 0 aromatic heterocycles. The number of rotatable bonds is 8. The van der Waals surface area contributed by atoms with Crippen LogP contribution in [0.2, 0.25) is 0 Å². The smallest absolute Gasteiger partial charge is 0.424 e. The highest BCUT2D eigenvalue weighted by Crippen LogP contribution is 1.94. The summed E-state index contributed by atoms with van der Waals surface area (Å²) < 4.78 is 4.74. The van der Waals surface area contributed by atoms with Crippen LogP contribution in [0.15, 0.2) is 0 Å². The molecule has 0 unspecified atom stereocenters. The normalized spacial score (nSPS) is 9.62. The quantitative estimate of drug-likeness (QED) is 0.491. The Labute approximate surface area is 95.6 Å². The molecule has 0 fully saturated rings. The molecule has 6 heteroatoms. The van der Waals surface area contributed by atoms with Gasteiger partial charge < -0.3 is 9.57 Å². The lowest BCUT2D eigenvalue weighted by Crippen LogP contribution is -2.39. The van der Waals surface area contributed by atoms with Crippen molar-refractivity contribution in [3.05, 3.63) is 0 Å². The topological polar surface area (TPSA) is 76.7 Å². The number of ether oxygens (including phenoxy) is 1. The van der Waals surface area contributed by atoms with Gasteiger partial charge in [0.05, 0.1) is 6.61 Å². The van der Waals surface area contributed by atoms with Crippen LogP contribution in [0.25, 0.3) is 0 Å². The standard InChI is InChI=1S/C10H20N2O4/c1-3-5-7-9(13)16-12-11-10(14)15-8-6-4-2/h12H,3-8H2,1-2H3,(H,11,14). The van der Waals surface area contributed by atoms with E-state index in [-0.39, 0.29) is 0 Å². The number of hydrogen-bond donors (Lipinski definition) is 2. The van der Waals surface area contributed by atoms with E-state index in [2.05, 4.69) is 10.3 Å². The van der Waals surface area contributed by atoms with Gasteiger partial charge in [0.15, 0.2) is 0 Å². The van der Waals surface area contributed by atoms with Crippen LogP contribution in [0, 0.1) is 0 Å². The fourth-order valence-corrected chi connectivity index (χ4v) is 0.842. The summed E-state index contributed by atoms with van der Waals surface area (Å²) in [6.45, 7) is 4.33. The van der Waals surface area contributed by atoms with Crippen LogP contribution in [0.5, 0.6) is 0 Å². The number of carbonyl (C=O) groups excluding carboxylic acids is 2. The lowest BCUT2D eigenvalue weighted by atomic mass is 10.3. The fourth-order valence-electron chi connectivity index (χ4n) is 0.842. The SMILES string of the molecule is CCCCOC(=O)NNOC(=O)CCCC. The van der Waals surface area contributed by atoms with E-state index in [0.717, 1.165) is 25.7 Å². The monoisotopic (exact) mass is 232 g/mol. The van der Waals surface area contributed by atoms with Gasteiger partial charge in [-0.05, 0) is 12.8 Å². The number of nitrogens with one attached hydrogen (secondary N) is 2. The van der Waals surface area contributed by atoms with Crippen molar-refractivity contribution in [2.75, 3.05) is 6.61 Å². The molecular formula is C10H20N2O4. The highest BCUT2D eigenvalue weighted by atomic mass is 16.7. The minimum absolute atomic E-state index is 0.329. The van der Waals surface area contributed by atoms with Crippen molar-refractivity contribution in [1.82, 2.24) is 11.0 Å². The third-order valence-electron chi connectivity index (χ3n) is 1.78. The van der Waals surface area contributed by atoms with Gasteiger partial charge in [0.1, 0.15) is 0 Å². The molecule has 0 aromatic rings. The highest BCUT2D eigenvalue weighted by molar-refractivity contribution is 5.69. The van der Waals surface area contributed by atoms with Crippen LogP contribution >= 0.6 is 0 Å². The van der Waals surface area contributed by atoms with Crippen LogP contribution in [0.3, 0.4) is 0 Å². The van der Waals surface area contributed by atoms with Crippen LogP contribution in [-0.2, 0) is 14.4 Å². The maximum Gasteiger partial charge on any atom is 0.424 e. The predicted octanol–water partition coefficient (Wildman–Crippen LogP) is 1.67. The second-order valence-corrected chi connectivity index (χ2v) is 3.29. The Morgan fingerprint density at radius 2 is 1.81 bits per heavy atom. The second-order valence-electron chi connectivity index (χ2n) is 3.29. The Balaban J connectivity index is 3.36. The number of amides is 1. The largest absolute Gasteiger partial charge is 0.449 e.